The number of aryl methyl sites for hydroxylation is 2. The van der Waals surface area contributed by atoms with Crippen LogP contribution in [0.5, 0.6) is 0 Å². The Labute approximate surface area is 147 Å². The molecule has 0 unspecified atom stereocenters. The predicted molar refractivity (Wildman–Crippen MR) is 94.2 cm³/mol. The van der Waals surface area contributed by atoms with E-state index in [2.05, 4.69) is 9.38 Å². The fraction of sp³-hybridized carbons (Fsp3) is 0.526. The summed E-state index contributed by atoms with van der Waals surface area (Å²) in [6.07, 6.45) is 4.51. The molecule has 3 rings (SSSR count). The van der Waals surface area contributed by atoms with Crippen molar-refractivity contribution in [2.75, 3.05) is 19.7 Å². The van der Waals surface area contributed by atoms with Crippen molar-refractivity contribution in [3.8, 4) is 0 Å². The highest BCUT2D eigenvalue weighted by atomic mass is 16.5. The number of rotatable bonds is 5. The number of nitrogens with zero attached hydrogens (tertiary/aromatic N) is 3. The molecule has 0 spiro atoms. The second-order valence-corrected chi connectivity index (χ2v) is 6.48. The number of esters is 1. The molecule has 0 atom stereocenters. The van der Waals surface area contributed by atoms with Crippen molar-refractivity contribution in [3.05, 3.63) is 35.8 Å². The van der Waals surface area contributed by atoms with Crippen LogP contribution in [-0.2, 0) is 20.7 Å². The molecule has 0 radical (unpaired) electrons. The largest absolute Gasteiger partial charge is 0.466 e. The molecular weight excluding hydrogens is 318 g/mol. The minimum atomic E-state index is -0.129. The van der Waals surface area contributed by atoms with Crippen LogP contribution in [0.3, 0.4) is 0 Å². The van der Waals surface area contributed by atoms with Gasteiger partial charge in [-0.1, -0.05) is 6.07 Å². The van der Waals surface area contributed by atoms with Gasteiger partial charge in [0.15, 0.2) is 0 Å². The molecule has 1 amide bonds. The third kappa shape index (κ3) is 3.83. The Morgan fingerprint density at radius 2 is 2.04 bits per heavy atom. The van der Waals surface area contributed by atoms with Gasteiger partial charge in [-0.15, -0.1) is 0 Å². The Bertz CT molecular complexity index is 760. The standard InChI is InChI=1S/C19H25N3O3/c1-3-25-19(24)15-9-12-21(13-10-15)18(23)8-7-16-14(2)20-17-6-4-5-11-22(16)17/h4-6,11,15H,3,7-10,12-13H2,1-2H3. The number of pyridine rings is 1. The monoisotopic (exact) mass is 343 g/mol. The lowest BCUT2D eigenvalue weighted by atomic mass is 9.96. The fourth-order valence-corrected chi connectivity index (χ4v) is 3.47. The van der Waals surface area contributed by atoms with E-state index in [4.69, 9.17) is 4.74 Å². The van der Waals surface area contributed by atoms with E-state index in [0.29, 0.717) is 45.4 Å². The predicted octanol–water partition coefficient (Wildman–Crippen LogP) is 2.38. The molecule has 1 fully saturated rings. The lowest BCUT2D eigenvalue weighted by Crippen LogP contribution is -2.40. The van der Waals surface area contributed by atoms with Crippen LogP contribution in [0.2, 0.25) is 0 Å². The van der Waals surface area contributed by atoms with Crippen LogP contribution in [0, 0.1) is 12.8 Å². The second kappa shape index (κ2) is 7.68. The van der Waals surface area contributed by atoms with Gasteiger partial charge in [-0.25, -0.2) is 4.98 Å². The number of imidazole rings is 1. The number of carbonyl (C=O) groups is 2. The van der Waals surface area contributed by atoms with Gasteiger partial charge in [0.1, 0.15) is 5.65 Å². The summed E-state index contributed by atoms with van der Waals surface area (Å²) in [5, 5.41) is 0. The number of likely N-dealkylation sites (tertiary alicyclic amines) is 1. The van der Waals surface area contributed by atoms with Crippen LogP contribution in [0.4, 0.5) is 0 Å². The molecule has 1 aliphatic rings. The summed E-state index contributed by atoms with van der Waals surface area (Å²) in [6.45, 7) is 5.48. The molecule has 25 heavy (non-hydrogen) atoms. The third-order valence-corrected chi connectivity index (χ3v) is 4.87. The number of fused-ring (bicyclic) bond motifs is 1. The van der Waals surface area contributed by atoms with Crippen molar-refractivity contribution < 1.29 is 14.3 Å². The SMILES string of the molecule is CCOC(=O)C1CCN(C(=O)CCc2c(C)nc3ccccn23)CC1. The summed E-state index contributed by atoms with van der Waals surface area (Å²) in [5.74, 6) is -0.0476. The Morgan fingerprint density at radius 1 is 1.28 bits per heavy atom. The number of hydrogen-bond acceptors (Lipinski definition) is 4. The maximum Gasteiger partial charge on any atom is 0.309 e. The Morgan fingerprint density at radius 3 is 2.76 bits per heavy atom. The summed E-state index contributed by atoms with van der Waals surface area (Å²) >= 11 is 0. The highest BCUT2D eigenvalue weighted by Gasteiger charge is 2.28. The van der Waals surface area contributed by atoms with Gasteiger partial charge in [-0.3, -0.25) is 9.59 Å². The summed E-state index contributed by atoms with van der Waals surface area (Å²) in [4.78, 5) is 30.7. The molecular formula is C19H25N3O3. The van der Waals surface area contributed by atoms with Crippen LogP contribution in [0.1, 0.15) is 37.6 Å². The van der Waals surface area contributed by atoms with E-state index < -0.39 is 0 Å². The van der Waals surface area contributed by atoms with E-state index in [-0.39, 0.29) is 17.8 Å². The molecule has 0 aromatic carbocycles. The fourth-order valence-electron chi connectivity index (χ4n) is 3.47. The van der Waals surface area contributed by atoms with E-state index in [1.807, 2.05) is 43.1 Å². The van der Waals surface area contributed by atoms with Crippen molar-refractivity contribution in [1.29, 1.82) is 0 Å². The topological polar surface area (TPSA) is 63.9 Å². The molecule has 3 heterocycles. The highest BCUT2D eigenvalue weighted by Crippen LogP contribution is 2.20. The first kappa shape index (κ1) is 17.5. The number of amides is 1. The quantitative estimate of drug-likeness (QED) is 0.782. The van der Waals surface area contributed by atoms with Crippen LogP contribution >= 0.6 is 0 Å². The normalized spacial score (nSPS) is 15.5. The first-order valence-corrected chi connectivity index (χ1v) is 8.97. The Balaban J connectivity index is 1.55. The summed E-state index contributed by atoms with van der Waals surface area (Å²) in [7, 11) is 0. The van der Waals surface area contributed by atoms with E-state index in [0.717, 1.165) is 17.0 Å². The molecule has 2 aromatic rings. The second-order valence-electron chi connectivity index (χ2n) is 6.48. The van der Waals surface area contributed by atoms with Crippen molar-refractivity contribution in [3.63, 3.8) is 0 Å². The molecule has 6 heteroatoms. The third-order valence-electron chi connectivity index (χ3n) is 4.87. The van der Waals surface area contributed by atoms with E-state index in [9.17, 15) is 9.59 Å². The summed E-state index contributed by atoms with van der Waals surface area (Å²) < 4.78 is 7.13. The van der Waals surface area contributed by atoms with Crippen LogP contribution in [0.15, 0.2) is 24.4 Å². The number of hydrogen-bond donors (Lipinski definition) is 0. The minimum Gasteiger partial charge on any atom is -0.466 e. The molecule has 134 valence electrons. The van der Waals surface area contributed by atoms with Gasteiger partial charge < -0.3 is 14.0 Å². The lowest BCUT2D eigenvalue weighted by molar-refractivity contribution is -0.151. The van der Waals surface area contributed by atoms with Gasteiger partial charge in [0, 0.05) is 31.4 Å². The number of carbonyl (C=O) groups excluding carboxylic acids is 2. The van der Waals surface area contributed by atoms with Gasteiger partial charge in [0.2, 0.25) is 5.91 Å². The van der Waals surface area contributed by atoms with Crippen molar-refractivity contribution in [2.45, 2.75) is 39.5 Å². The Hall–Kier alpha value is -2.37. The zero-order valence-electron chi connectivity index (χ0n) is 14.9. The molecule has 0 aliphatic carbocycles. The van der Waals surface area contributed by atoms with Crippen molar-refractivity contribution >= 4 is 17.5 Å². The number of aromatic nitrogens is 2. The van der Waals surface area contributed by atoms with E-state index >= 15 is 0 Å². The molecule has 0 saturated carbocycles. The van der Waals surface area contributed by atoms with Gasteiger partial charge in [0.05, 0.1) is 18.2 Å². The molecule has 2 aromatic heterocycles. The first-order chi connectivity index (χ1) is 12.1. The van der Waals surface area contributed by atoms with Gasteiger partial charge >= 0.3 is 5.97 Å². The van der Waals surface area contributed by atoms with Gasteiger partial charge in [-0.05, 0) is 45.2 Å². The average molecular weight is 343 g/mol. The molecule has 6 nitrogen and oxygen atoms in total. The maximum atomic E-state index is 12.5. The number of ether oxygens (including phenoxy) is 1. The smallest absolute Gasteiger partial charge is 0.309 e. The minimum absolute atomic E-state index is 0.0648. The Kier molecular flexibility index (Phi) is 5.36. The zero-order chi connectivity index (χ0) is 17.8. The van der Waals surface area contributed by atoms with Crippen LogP contribution in [-0.4, -0.2) is 45.9 Å². The average Bonchev–Trinajstić information content (AvgIpc) is 2.95. The highest BCUT2D eigenvalue weighted by molar-refractivity contribution is 5.77. The van der Waals surface area contributed by atoms with Gasteiger partial charge in [0.25, 0.3) is 0 Å². The zero-order valence-corrected chi connectivity index (χ0v) is 14.9. The summed E-state index contributed by atoms with van der Waals surface area (Å²) in [5.41, 5.74) is 2.98. The van der Waals surface area contributed by atoms with Crippen LogP contribution < -0.4 is 0 Å². The van der Waals surface area contributed by atoms with Gasteiger partial charge in [-0.2, -0.15) is 0 Å². The van der Waals surface area contributed by atoms with Crippen LogP contribution in [0.25, 0.3) is 5.65 Å². The van der Waals surface area contributed by atoms with Crippen molar-refractivity contribution in [1.82, 2.24) is 14.3 Å². The molecule has 0 N–H and O–H groups in total. The van der Waals surface area contributed by atoms with E-state index in [1.54, 1.807) is 0 Å². The van der Waals surface area contributed by atoms with Crippen molar-refractivity contribution in [2.24, 2.45) is 5.92 Å². The summed E-state index contributed by atoms with van der Waals surface area (Å²) in [6, 6.07) is 5.91. The van der Waals surface area contributed by atoms with E-state index in [1.165, 1.54) is 0 Å². The lowest BCUT2D eigenvalue weighted by Gasteiger charge is -2.31. The molecule has 1 saturated heterocycles. The maximum absolute atomic E-state index is 12.5. The molecule has 1 aliphatic heterocycles. The number of piperidine rings is 1. The molecule has 0 bridgehead atoms. The first-order valence-electron chi connectivity index (χ1n) is 8.97.